The van der Waals surface area contributed by atoms with Gasteiger partial charge in [-0.1, -0.05) is 19.1 Å². The first kappa shape index (κ1) is 14.1. The van der Waals surface area contributed by atoms with Gasteiger partial charge in [0.15, 0.2) is 0 Å². The second-order valence-corrected chi connectivity index (χ2v) is 5.47. The fourth-order valence-electron chi connectivity index (χ4n) is 2.91. The zero-order chi connectivity index (χ0) is 14.7. The molecule has 1 aliphatic rings. The van der Waals surface area contributed by atoms with Crippen molar-refractivity contribution in [1.82, 2.24) is 14.9 Å². The van der Waals surface area contributed by atoms with Gasteiger partial charge in [0, 0.05) is 38.6 Å². The number of nitrogens with one attached hydrogen (secondary N) is 1. The molecule has 1 aliphatic heterocycles. The third kappa shape index (κ3) is 2.93. The molecule has 2 aromatic rings. The van der Waals surface area contributed by atoms with Crippen molar-refractivity contribution in [3.05, 3.63) is 24.3 Å². The van der Waals surface area contributed by atoms with Crippen LogP contribution in [0.3, 0.4) is 0 Å². The van der Waals surface area contributed by atoms with E-state index in [0.29, 0.717) is 5.95 Å². The van der Waals surface area contributed by atoms with Crippen molar-refractivity contribution in [3.63, 3.8) is 0 Å². The number of aromatic nitrogens is 2. The van der Waals surface area contributed by atoms with Crippen molar-refractivity contribution in [3.8, 4) is 0 Å². The average molecular weight is 285 g/mol. The van der Waals surface area contributed by atoms with E-state index in [1.807, 2.05) is 13.1 Å². The highest BCUT2D eigenvalue weighted by molar-refractivity contribution is 5.90. The summed E-state index contributed by atoms with van der Waals surface area (Å²) in [6, 6.07) is 8.25. The number of benzene rings is 1. The molecular weight excluding hydrogens is 262 g/mol. The fourth-order valence-corrected chi connectivity index (χ4v) is 2.91. The van der Waals surface area contributed by atoms with Crippen molar-refractivity contribution >= 4 is 22.7 Å². The van der Waals surface area contributed by atoms with Gasteiger partial charge < -0.3 is 10.2 Å². The van der Waals surface area contributed by atoms with Gasteiger partial charge in [-0.25, -0.2) is 4.98 Å². The van der Waals surface area contributed by atoms with Crippen LogP contribution in [0.5, 0.6) is 0 Å². The second kappa shape index (κ2) is 6.26. The zero-order valence-electron chi connectivity index (χ0n) is 12.8. The van der Waals surface area contributed by atoms with Crippen molar-refractivity contribution in [2.24, 2.45) is 0 Å². The summed E-state index contributed by atoms with van der Waals surface area (Å²) in [7, 11) is 1.87. The maximum Gasteiger partial charge on any atom is 0.224 e. The molecule has 1 aromatic heterocycles. The van der Waals surface area contributed by atoms with E-state index in [2.05, 4.69) is 45.2 Å². The van der Waals surface area contributed by atoms with Crippen molar-refractivity contribution in [1.29, 1.82) is 0 Å². The molecule has 21 heavy (non-hydrogen) atoms. The van der Waals surface area contributed by atoms with Crippen molar-refractivity contribution < 1.29 is 0 Å². The van der Waals surface area contributed by atoms with Crippen LogP contribution in [-0.2, 0) is 0 Å². The lowest BCUT2D eigenvalue weighted by atomic mass is 10.2. The molecule has 1 aromatic carbocycles. The second-order valence-electron chi connectivity index (χ2n) is 5.47. The van der Waals surface area contributed by atoms with Gasteiger partial charge in [-0.2, -0.15) is 4.98 Å². The Hall–Kier alpha value is -1.88. The summed E-state index contributed by atoms with van der Waals surface area (Å²) in [4.78, 5) is 14.1. The molecule has 0 amide bonds. The van der Waals surface area contributed by atoms with E-state index in [4.69, 9.17) is 4.98 Å². The van der Waals surface area contributed by atoms with E-state index >= 15 is 0 Å². The van der Waals surface area contributed by atoms with E-state index in [-0.39, 0.29) is 0 Å². The van der Waals surface area contributed by atoms with Crippen LogP contribution in [0.4, 0.5) is 11.8 Å². The van der Waals surface area contributed by atoms with Gasteiger partial charge >= 0.3 is 0 Å². The summed E-state index contributed by atoms with van der Waals surface area (Å²) < 4.78 is 0. The molecule has 1 fully saturated rings. The molecule has 0 atom stereocenters. The molecular formula is C16H23N5. The fraction of sp³-hybridized carbons (Fsp3) is 0.500. The maximum absolute atomic E-state index is 4.70. The third-order valence-electron chi connectivity index (χ3n) is 4.02. The number of para-hydroxylation sites is 1. The summed E-state index contributed by atoms with van der Waals surface area (Å²) in [6.45, 7) is 7.72. The lowest BCUT2D eigenvalue weighted by Crippen LogP contribution is -2.46. The minimum absolute atomic E-state index is 0.694. The van der Waals surface area contributed by atoms with Gasteiger partial charge in [0.1, 0.15) is 5.82 Å². The smallest absolute Gasteiger partial charge is 0.224 e. The summed E-state index contributed by atoms with van der Waals surface area (Å²) in [5, 5.41) is 4.21. The Kier molecular flexibility index (Phi) is 4.20. The molecule has 0 unspecified atom stereocenters. The zero-order valence-corrected chi connectivity index (χ0v) is 12.8. The van der Waals surface area contributed by atoms with Crippen LogP contribution in [0, 0.1) is 0 Å². The van der Waals surface area contributed by atoms with E-state index < -0.39 is 0 Å². The number of hydrogen-bond acceptors (Lipinski definition) is 5. The Bertz CT molecular complexity index is 605. The molecule has 112 valence electrons. The molecule has 0 aliphatic carbocycles. The first-order chi connectivity index (χ1) is 10.3. The molecule has 5 nitrogen and oxygen atoms in total. The first-order valence-electron chi connectivity index (χ1n) is 7.73. The van der Waals surface area contributed by atoms with Gasteiger partial charge in [-0.05, 0) is 25.1 Å². The Morgan fingerprint density at radius 3 is 2.57 bits per heavy atom. The summed E-state index contributed by atoms with van der Waals surface area (Å²) in [6.07, 6.45) is 1.22. The highest BCUT2D eigenvalue weighted by Gasteiger charge is 2.20. The molecule has 0 radical (unpaired) electrons. The predicted molar refractivity (Wildman–Crippen MR) is 88.0 cm³/mol. The van der Waals surface area contributed by atoms with Gasteiger partial charge in [0.2, 0.25) is 5.95 Å². The van der Waals surface area contributed by atoms with Gasteiger partial charge in [-0.3, -0.25) is 4.90 Å². The van der Waals surface area contributed by atoms with Crippen LogP contribution in [0.1, 0.15) is 13.3 Å². The third-order valence-corrected chi connectivity index (χ3v) is 4.02. The van der Waals surface area contributed by atoms with E-state index in [1.165, 1.54) is 13.0 Å². The summed E-state index contributed by atoms with van der Waals surface area (Å²) >= 11 is 0. The Balaban J connectivity index is 1.89. The normalized spacial score (nSPS) is 16.4. The molecule has 0 bridgehead atoms. The average Bonchev–Trinajstić information content (AvgIpc) is 2.55. The number of fused-ring (bicyclic) bond motifs is 1. The highest BCUT2D eigenvalue weighted by atomic mass is 15.3. The van der Waals surface area contributed by atoms with Gasteiger partial charge in [0.25, 0.3) is 0 Å². The molecule has 2 heterocycles. The van der Waals surface area contributed by atoms with E-state index in [0.717, 1.165) is 42.9 Å². The lowest BCUT2D eigenvalue weighted by Gasteiger charge is -2.35. The molecule has 0 saturated carbocycles. The lowest BCUT2D eigenvalue weighted by molar-refractivity contribution is 0.258. The van der Waals surface area contributed by atoms with Gasteiger partial charge in [-0.15, -0.1) is 0 Å². The number of anilines is 2. The molecule has 5 heteroatoms. The summed E-state index contributed by atoms with van der Waals surface area (Å²) in [5.74, 6) is 1.75. The Labute approximate surface area is 126 Å². The van der Waals surface area contributed by atoms with E-state index in [9.17, 15) is 0 Å². The Morgan fingerprint density at radius 2 is 1.86 bits per heavy atom. The number of hydrogen-bond donors (Lipinski definition) is 1. The minimum atomic E-state index is 0.694. The number of nitrogens with zero attached hydrogens (tertiary/aromatic N) is 4. The van der Waals surface area contributed by atoms with Crippen LogP contribution in [0.25, 0.3) is 10.9 Å². The predicted octanol–water partition coefficient (Wildman–Crippen LogP) is 2.20. The van der Waals surface area contributed by atoms with Crippen LogP contribution in [0.15, 0.2) is 24.3 Å². The quantitative estimate of drug-likeness (QED) is 0.933. The van der Waals surface area contributed by atoms with Crippen LogP contribution in [0.2, 0.25) is 0 Å². The molecule has 0 spiro atoms. The first-order valence-corrected chi connectivity index (χ1v) is 7.73. The minimum Gasteiger partial charge on any atom is -0.357 e. The topological polar surface area (TPSA) is 44.3 Å². The molecule has 1 N–H and O–H groups in total. The van der Waals surface area contributed by atoms with Crippen molar-refractivity contribution in [2.45, 2.75) is 13.3 Å². The highest BCUT2D eigenvalue weighted by Crippen LogP contribution is 2.26. The van der Waals surface area contributed by atoms with Crippen LogP contribution in [-0.4, -0.2) is 54.6 Å². The van der Waals surface area contributed by atoms with Gasteiger partial charge in [0.05, 0.1) is 5.52 Å². The Morgan fingerprint density at radius 1 is 1.10 bits per heavy atom. The number of piperazine rings is 1. The van der Waals surface area contributed by atoms with E-state index in [1.54, 1.807) is 0 Å². The van der Waals surface area contributed by atoms with Crippen molar-refractivity contribution in [2.75, 3.05) is 50.0 Å². The monoisotopic (exact) mass is 285 g/mol. The maximum atomic E-state index is 4.70. The van der Waals surface area contributed by atoms with Crippen LogP contribution < -0.4 is 10.2 Å². The summed E-state index contributed by atoms with van der Waals surface area (Å²) in [5.41, 5.74) is 1.00. The standard InChI is InChI=1S/C16H23N5/c1-3-8-20-9-11-21(12-10-20)15-13-6-4-5-7-14(13)18-16(17-2)19-15/h4-7H,3,8-12H2,1-2H3,(H,17,18,19). The largest absolute Gasteiger partial charge is 0.357 e. The molecule has 3 rings (SSSR count). The SMILES string of the molecule is CCCN1CCN(c2nc(NC)nc3ccccc23)CC1. The van der Waals surface area contributed by atoms with Crippen LogP contribution >= 0.6 is 0 Å². The molecule has 1 saturated heterocycles. The number of rotatable bonds is 4.